The molecule has 1 unspecified atom stereocenters. The number of ether oxygens (including phenoxy) is 1. The Morgan fingerprint density at radius 2 is 2.11 bits per heavy atom. The minimum absolute atomic E-state index is 0.0934. The summed E-state index contributed by atoms with van der Waals surface area (Å²) in [6.07, 6.45) is 1.47. The van der Waals surface area contributed by atoms with Crippen LogP contribution in [0.1, 0.15) is 34.7 Å². The number of anilines is 1. The lowest BCUT2D eigenvalue weighted by Gasteiger charge is -2.47. The second kappa shape index (κ2) is 7.01. The van der Waals surface area contributed by atoms with Gasteiger partial charge in [0.2, 0.25) is 0 Å². The van der Waals surface area contributed by atoms with E-state index < -0.39 is 11.4 Å². The number of piperidine rings is 1. The molecule has 28 heavy (non-hydrogen) atoms. The molecule has 2 aliphatic heterocycles. The number of carbonyl (C=O) groups excluding carboxylic acids is 2. The van der Waals surface area contributed by atoms with Crippen LogP contribution in [0.3, 0.4) is 0 Å². The van der Waals surface area contributed by atoms with Crippen molar-refractivity contribution in [3.05, 3.63) is 47.1 Å². The van der Waals surface area contributed by atoms with Gasteiger partial charge in [0, 0.05) is 12.2 Å². The Hall–Kier alpha value is -2.74. The van der Waals surface area contributed by atoms with Gasteiger partial charge < -0.3 is 19.1 Å². The summed E-state index contributed by atoms with van der Waals surface area (Å²) in [5.41, 5.74) is 0.864. The summed E-state index contributed by atoms with van der Waals surface area (Å²) in [6, 6.07) is 5.96. The summed E-state index contributed by atoms with van der Waals surface area (Å²) >= 11 is 0. The van der Waals surface area contributed by atoms with E-state index in [0.29, 0.717) is 35.8 Å². The molecule has 3 heterocycles. The number of carbonyl (C=O) groups is 2. The summed E-state index contributed by atoms with van der Waals surface area (Å²) in [7, 11) is 0. The summed E-state index contributed by atoms with van der Waals surface area (Å²) < 4.78 is 24.7. The molecule has 0 radical (unpaired) electrons. The summed E-state index contributed by atoms with van der Waals surface area (Å²) in [5.74, 6) is -0.272. The molecule has 1 aromatic carbocycles. The Labute approximate surface area is 162 Å². The summed E-state index contributed by atoms with van der Waals surface area (Å²) in [4.78, 5) is 28.7. The van der Waals surface area contributed by atoms with Crippen molar-refractivity contribution in [2.45, 2.75) is 32.3 Å². The lowest BCUT2D eigenvalue weighted by Crippen LogP contribution is -2.62. The van der Waals surface area contributed by atoms with Gasteiger partial charge in [-0.25, -0.2) is 4.39 Å². The Balaban J connectivity index is 1.57. The number of benzene rings is 1. The van der Waals surface area contributed by atoms with Crippen LogP contribution < -0.4 is 4.90 Å². The van der Waals surface area contributed by atoms with Gasteiger partial charge in [-0.15, -0.1) is 0 Å². The van der Waals surface area contributed by atoms with Gasteiger partial charge in [-0.3, -0.25) is 9.59 Å². The normalized spacial score (nSPS) is 22.8. The van der Waals surface area contributed by atoms with Crippen molar-refractivity contribution in [3.8, 4) is 0 Å². The van der Waals surface area contributed by atoms with Crippen molar-refractivity contribution in [3.63, 3.8) is 0 Å². The first-order valence-electron chi connectivity index (χ1n) is 9.31. The standard InChI is InChI=1S/C20H22FN3O4/c1-13-18(14(2)28-22-13)19(26)23-8-4-7-20(11-23)12-24(17(25)10-27-20)16-6-3-5-15(21)9-16/h3,5-6,9H,4,7-8,10-12H2,1-2H3. The summed E-state index contributed by atoms with van der Waals surface area (Å²) in [6.45, 7) is 4.60. The maximum atomic E-state index is 13.6. The third kappa shape index (κ3) is 3.28. The Kier molecular flexibility index (Phi) is 4.66. The lowest BCUT2D eigenvalue weighted by molar-refractivity contribution is -0.144. The number of likely N-dealkylation sites (tertiary alicyclic amines) is 1. The molecule has 1 spiro atoms. The maximum absolute atomic E-state index is 13.6. The molecule has 148 valence electrons. The second-order valence-electron chi connectivity index (χ2n) is 7.46. The van der Waals surface area contributed by atoms with Crippen LogP contribution in [0.25, 0.3) is 0 Å². The van der Waals surface area contributed by atoms with Gasteiger partial charge >= 0.3 is 0 Å². The molecular weight excluding hydrogens is 365 g/mol. The van der Waals surface area contributed by atoms with Gasteiger partial charge in [0.25, 0.3) is 11.8 Å². The quantitative estimate of drug-likeness (QED) is 0.791. The highest BCUT2D eigenvalue weighted by atomic mass is 19.1. The number of aryl methyl sites for hydroxylation is 2. The Bertz CT molecular complexity index is 908. The van der Waals surface area contributed by atoms with Crippen LogP contribution >= 0.6 is 0 Å². The molecule has 1 aromatic heterocycles. The van der Waals surface area contributed by atoms with Crippen molar-refractivity contribution in [1.82, 2.24) is 10.1 Å². The number of morpholine rings is 1. The predicted molar refractivity (Wildman–Crippen MR) is 98.6 cm³/mol. The molecule has 2 amide bonds. The van der Waals surface area contributed by atoms with Gasteiger partial charge in [-0.05, 0) is 44.9 Å². The van der Waals surface area contributed by atoms with Crippen LogP contribution in [-0.4, -0.2) is 53.7 Å². The second-order valence-corrected chi connectivity index (χ2v) is 7.46. The zero-order valence-electron chi connectivity index (χ0n) is 15.9. The monoisotopic (exact) mass is 387 g/mol. The summed E-state index contributed by atoms with van der Waals surface area (Å²) in [5, 5.41) is 3.86. The largest absolute Gasteiger partial charge is 0.361 e. The molecule has 1 atom stereocenters. The van der Waals surface area contributed by atoms with E-state index in [2.05, 4.69) is 5.16 Å². The number of aromatic nitrogens is 1. The van der Waals surface area contributed by atoms with E-state index in [1.165, 1.54) is 12.1 Å². The molecule has 8 heteroatoms. The van der Waals surface area contributed by atoms with E-state index in [1.54, 1.807) is 35.8 Å². The van der Waals surface area contributed by atoms with E-state index in [9.17, 15) is 14.0 Å². The number of amides is 2. The molecule has 0 bridgehead atoms. The molecule has 2 fully saturated rings. The van der Waals surface area contributed by atoms with Crippen LogP contribution in [0.5, 0.6) is 0 Å². The van der Waals surface area contributed by atoms with Crippen LogP contribution in [0.2, 0.25) is 0 Å². The first-order chi connectivity index (χ1) is 13.4. The fourth-order valence-corrected chi connectivity index (χ4v) is 4.06. The van der Waals surface area contributed by atoms with Crippen LogP contribution in [0, 0.1) is 19.7 Å². The third-order valence-electron chi connectivity index (χ3n) is 5.44. The fraction of sp³-hybridized carbons (Fsp3) is 0.450. The Morgan fingerprint density at radius 1 is 1.29 bits per heavy atom. The van der Waals surface area contributed by atoms with Crippen molar-refractivity contribution < 1.29 is 23.2 Å². The van der Waals surface area contributed by atoms with Gasteiger partial charge in [-0.2, -0.15) is 0 Å². The molecule has 2 saturated heterocycles. The predicted octanol–water partition coefficient (Wildman–Crippen LogP) is 2.47. The molecule has 0 N–H and O–H groups in total. The SMILES string of the molecule is Cc1noc(C)c1C(=O)N1CCCC2(C1)CN(c1cccc(F)c1)C(=O)CO2. The number of hydrogen-bond donors (Lipinski definition) is 0. The zero-order chi connectivity index (χ0) is 19.9. The van der Waals surface area contributed by atoms with Gasteiger partial charge in [0.15, 0.2) is 0 Å². The fourth-order valence-electron chi connectivity index (χ4n) is 4.06. The lowest BCUT2D eigenvalue weighted by atomic mass is 9.90. The van der Waals surface area contributed by atoms with Crippen molar-refractivity contribution in [2.24, 2.45) is 0 Å². The minimum Gasteiger partial charge on any atom is -0.361 e. The van der Waals surface area contributed by atoms with Crippen molar-refractivity contribution in [2.75, 3.05) is 31.1 Å². The van der Waals surface area contributed by atoms with Crippen molar-refractivity contribution in [1.29, 1.82) is 0 Å². The van der Waals surface area contributed by atoms with Gasteiger partial charge in [-0.1, -0.05) is 11.2 Å². The number of nitrogens with zero attached hydrogens (tertiary/aromatic N) is 3. The number of halogens is 1. The first kappa shape index (κ1) is 18.6. The van der Waals surface area contributed by atoms with E-state index in [1.807, 2.05) is 0 Å². The van der Waals surface area contributed by atoms with Gasteiger partial charge in [0.1, 0.15) is 29.3 Å². The van der Waals surface area contributed by atoms with Gasteiger partial charge in [0.05, 0.1) is 18.8 Å². The minimum atomic E-state index is -0.674. The highest BCUT2D eigenvalue weighted by Gasteiger charge is 2.45. The average molecular weight is 387 g/mol. The van der Waals surface area contributed by atoms with Crippen LogP contribution in [-0.2, 0) is 9.53 Å². The third-order valence-corrected chi connectivity index (χ3v) is 5.44. The molecule has 4 rings (SSSR count). The smallest absolute Gasteiger partial charge is 0.259 e. The maximum Gasteiger partial charge on any atom is 0.259 e. The zero-order valence-corrected chi connectivity index (χ0v) is 15.9. The molecule has 0 aliphatic carbocycles. The molecule has 2 aromatic rings. The van der Waals surface area contributed by atoms with Crippen LogP contribution in [0.15, 0.2) is 28.8 Å². The topological polar surface area (TPSA) is 75.9 Å². The van der Waals surface area contributed by atoms with E-state index in [0.717, 1.165) is 12.8 Å². The highest BCUT2D eigenvalue weighted by Crippen LogP contribution is 2.33. The number of rotatable bonds is 2. The molecule has 2 aliphatic rings. The van der Waals surface area contributed by atoms with E-state index in [-0.39, 0.29) is 25.0 Å². The number of hydrogen-bond acceptors (Lipinski definition) is 5. The molecular formula is C20H22FN3O4. The van der Waals surface area contributed by atoms with E-state index in [4.69, 9.17) is 9.26 Å². The molecule has 7 nitrogen and oxygen atoms in total. The Morgan fingerprint density at radius 3 is 2.82 bits per heavy atom. The average Bonchev–Trinajstić information content (AvgIpc) is 3.02. The molecule has 0 saturated carbocycles. The van der Waals surface area contributed by atoms with Crippen LogP contribution in [0.4, 0.5) is 10.1 Å². The highest BCUT2D eigenvalue weighted by molar-refractivity contribution is 5.97. The first-order valence-corrected chi connectivity index (χ1v) is 9.31. The van der Waals surface area contributed by atoms with E-state index >= 15 is 0 Å². The van der Waals surface area contributed by atoms with Crippen molar-refractivity contribution >= 4 is 17.5 Å².